The van der Waals surface area contributed by atoms with Gasteiger partial charge >= 0.3 is 0 Å². The molecule has 0 bridgehead atoms. The Labute approximate surface area is 297 Å². The van der Waals surface area contributed by atoms with E-state index in [1.807, 2.05) is 0 Å². The highest BCUT2D eigenvalue weighted by molar-refractivity contribution is 6.15. The lowest BCUT2D eigenvalue weighted by molar-refractivity contribution is 1.29. The van der Waals surface area contributed by atoms with E-state index in [1.165, 1.54) is 76.1 Å². The molecule has 0 aromatic heterocycles. The lowest BCUT2D eigenvalue weighted by atomic mass is 9.93. The predicted octanol–water partition coefficient (Wildman–Crippen LogP) is 14.3. The standard InChI is InChI=1S/C50H33N/c1-2-12-37-31-42(30-21-34(37)11-1)51(40-26-22-35(23-27-40)49-32-38-13-3-5-15-43(38)45-17-7-9-19-47(45)49)41-28-24-36(25-29-41)50-33-39-14-4-6-16-44(39)46-18-8-10-20-48(46)50/h1-33H. The Morgan fingerprint density at radius 3 is 1.10 bits per heavy atom. The molecule has 0 unspecified atom stereocenters. The molecule has 0 aliphatic heterocycles. The lowest BCUT2D eigenvalue weighted by Gasteiger charge is -2.26. The molecule has 0 saturated heterocycles. The third kappa shape index (κ3) is 5.02. The number of hydrogen-bond donors (Lipinski definition) is 0. The van der Waals surface area contributed by atoms with Gasteiger partial charge in [0.25, 0.3) is 0 Å². The topological polar surface area (TPSA) is 3.24 Å². The summed E-state index contributed by atoms with van der Waals surface area (Å²) in [5.41, 5.74) is 8.27. The first-order valence-corrected chi connectivity index (χ1v) is 17.6. The van der Waals surface area contributed by atoms with Gasteiger partial charge in [0.05, 0.1) is 0 Å². The SMILES string of the molecule is c1ccc2cc(N(c3ccc(-c4cc5ccccc5c5ccccc45)cc3)c3ccc(-c4cc5ccccc5c5ccccc45)cc3)ccc2c1. The van der Waals surface area contributed by atoms with Crippen LogP contribution in [0, 0.1) is 0 Å². The van der Waals surface area contributed by atoms with E-state index >= 15 is 0 Å². The summed E-state index contributed by atoms with van der Waals surface area (Å²) in [4.78, 5) is 2.37. The molecular formula is C50H33N. The summed E-state index contributed by atoms with van der Waals surface area (Å²) in [5.74, 6) is 0. The fraction of sp³-hybridized carbons (Fsp3) is 0. The number of nitrogens with zero attached hydrogens (tertiary/aromatic N) is 1. The second-order valence-electron chi connectivity index (χ2n) is 13.3. The van der Waals surface area contributed by atoms with Gasteiger partial charge in [-0.15, -0.1) is 0 Å². The van der Waals surface area contributed by atoms with E-state index in [4.69, 9.17) is 0 Å². The Hall–Kier alpha value is -6.70. The van der Waals surface area contributed by atoms with E-state index in [9.17, 15) is 0 Å². The van der Waals surface area contributed by atoms with Crippen molar-refractivity contribution in [1.82, 2.24) is 0 Å². The molecule has 238 valence electrons. The van der Waals surface area contributed by atoms with E-state index in [0.717, 1.165) is 17.1 Å². The molecule has 1 nitrogen and oxygen atoms in total. The van der Waals surface area contributed by atoms with Crippen LogP contribution in [-0.2, 0) is 0 Å². The van der Waals surface area contributed by atoms with Crippen LogP contribution in [0.1, 0.15) is 0 Å². The van der Waals surface area contributed by atoms with Crippen LogP contribution in [0.25, 0.3) is 76.1 Å². The van der Waals surface area contributed by atoms with E-state index < -0.39 is 0 Å². The summed E-state index contributed by atoms with van der Waals surface area (Å²) in [6.07, 6.45) is 0. The molecule has 0 fully saturated rings. The Balaban J connectivity index is 1.10. The second-order valence-corrected chi connectivity index (χ2v) is 13.3. The van der Waals surface area contributed by atoms with Crippen molar-refractivity contribution in [2.75, 3.05) is 4.90 Å². The van der Waals surface area contributed by atoms with Crippen LogP contribution in [0.3, 0.4) is 0 Å². The molecule has 10 rings (SSSR count). The van der Waals surface area contributed by atoms with Gasteiger partial charge in [0, 0.05) is 17.1 Å². The zero-order valence-corrected chi connectivity index (χ0v) is 28.0. The van der Waals surface area contributed by atoms with Crippen molar-refractivity contribution in [3.8, 4) is 22.3 Å². The third-order valence-corrected chi connectivity index (χ3v) is 10.4. The maximum absolute atomic E-state index is 2.37. The summed E-state index contributed by atoms with van der Waals surface area (Å²) < 4.78 is 0. The molecule has 10 aromatic rings. The van der Waals surface area contributed by atoms with Crippen LogP contribution >= 0.6 is 0 Å². The second kappa shape index (κ2) is 12.0. The summed E-state index contributed by atoms with van der Waals surface area (Å²) >= 11 is 0. The fourth-order valence-corrected chi connectivity index (χ4v) is 7.93. The molecule has 0 radical (unpaired) electrons. The minimum absolute atomic E-state index is 1.11. The molecule has 0 spiro atoms. The lowest BCUT2D eigenvalue weighted by Crippen LogP contribution is -2.09. The number of hydrogen-bond acceptors (Lipinski definition) is 1. The molecule has 0 aliphatic rings. The van der Waals surface area contributed by atoms with Crippen LogP contribution in [0.5, 0.6) is 0 Å². The van der Waals surface area contributed by atoms with Crippen molar-refractivity contribution >= 4 is 70.9 Å². The van der Waals surface area contributed by atoms with Crippen molar-refractivity contribution in [2.24, 2.45) is 0 Å². The molecule has 0 amide bonds. The van der Waals surface area contributed by atoms with Gasteiger partial charge in [0.1, 0.15) is 0 Å². The molecule has 1 heteroatoms. The highest BCUT2D eigenvalue weighted by atomic mass is 15.1. The number of anilines is 3. The van der Waals surface area contributed by atoms with Crippen molar-refractivity contribution in [1.29, 1.82) is 0 Å². The smallest absolute Gasteiger partial charge is 0.0468 e. The largest absolute Gasteiger partial charge is 0.310 e. The Morgan fingerprint density at radius 1 is 0.235 bits per heavy atom. The molecule has 0 aliphatic carbocycles. The van der Waals surface area contributed by atoms with E-state index in [0.29, 0.717) is 0 Å². The third-order valence-electron chi connectivity index (χ3n) is 10.4. The maximum atomic E-state index is 2.37. The number of fused-ring (bicyclic) bond motifs is 7. The zero-order chi connectivity index (χ0) is 33.7. The van der Waals surface area contributed by atoms with Crippen LogP contribution in [0.2, 0.25) is 0 Å². The van der Waals surface area contributed by atoms with Gasteiger partial charge in [0.15, 0.2) is 0 Å². The summed E-state index contributed by atoms with van der Waals surface area (Å²) in [5, 5.41) is 12.7. The summed E-state index contributed by atoms with van der Waals surface area (Å²) in [7, 11) is 0. The van der Waals surface area contributed by atoms with Crippen LogP contribution in [-0.4, -0.2) is 0 Å². The zero-order valence-electron chi connectivity index (χ0n) is 28.0. The van der Waals surface area contributed by atoms with E-state index in [1.54, 1.807) is 0 Å². The first-order valence-electron chi connectivity index (χ1n) is 17.6. The fourth-order valence-electron chi connectivity index (χ4n) is 7.93. The average molecular weight is 648 g/mol. The van der Waals surface area contributed by atoms with Crippen molar-refractivity contribution in [3.63, 3.8) is 0 Å². The molecule has 10 aromatic carbocycles. The van der Waals surface area contributed by atoms with Gasteiger partial charge in [0.2, 0.25) is 0 Å². The van der Waals surface area contributed by atoms with Gasteiger partial charge in [-0.2, -0.15) is 0 Å². The van der Waals surface area contributed by atoms with Gasteiger partial charge in [-0.3, -0.25) is 0 Å². The monoisotopic (exact) mass is 647 g/mol. The molecule has 0 heterocycles. The van der Waals surface area contributed by atoms with Crippen LogP contribution < -0.4 is 4.90 Å². The van der Waals surface area contributed by atoms with E-state index in [-0.39, 0.29) is 0 Å². The minimum Gasteiger partial charge on any atom is -0.310 e. The quantitative estimate of drug-likeness (QED) is 0.168. The van der Waals surface area contributed by atoms with Gasteiger partial charge in [-0.05, 0) is 125 Å². The number of rotatable bonds is 5. The highest BCUT2D eigenvalue weighted by Crippen LogP contribution is 2.41. The normalized spacial score (nSPS) is 11.5. The van der Waals surface area contributed by atoms with Crippen molar-refractivity contribution in [2.45, 2.75) is 0 Å². The maximum Gasteiger partial charge on any atom is 0.0468 e. The van der Waals surface area contributed by atoms with Gasteiger partial charge in [-0.1, -0.05) is 152 Å². The van der Waals surface area contributed by atoms with Gasteiger partial charge < -0.3 is 4.90 Å². The average Bonchev–Trinajstić information content (AvgIpc) is 3.21. The first kappa shape index (κ1) is 29.2. The van der Waals surface area contributed by atoms with Crippen molar-refractivity contribution in [3.05, 3.63) is 200 Å². The van der Waals surface area contributed by atoms with Crippen LogP contribution in [0.4, 0.5) is 17.1 Å². The Morgan fingerprint density at radius 2 is 0.608 bits per heavy atom. The highest BCUT2D eigenvalue weighted by Gasteiger charge is 2.16. The molecular weight excluding hydrogens is 615 g/mol. The number of benzene rings is 10. The molecule has 51 heavy (non-hydrogen) atoms. The molecule has 0 saturated carbocycles. The minimum atomic E-state index is 1.11. The van der Waals surface area contributed by atoms with Crippen molar-refractivity contribution < 1.29 is 0 Å². The Bertz CT molecular complexity index is 2740. The molecule has 0 atom stereocenters. The van der Waals surface area contributed by atoms with Gasteiger partial charge in [-0.25, -0.2) is 0 Å². The van der Waals surface area contributed by atoms with Crippen LogP contribution in [0.15, 0.2) is 200 Å². The predicted molar refractivity (Wildman–Crippen MR) is 220 cm³/mol. The Kier molecular flexibility index (Phi) is 6.89. The summed E-state index contributed by atoms with van der Waals surface area (Å²) in [6, 6.07) is 73.0. The summed E-state index contributed by atoms with van der Waals surface area (Å²) in [6.45, 7) is 0. The first-order chi connectivity index (χ1) is 25.3. The molecule has 0 N–H and O–H groups in total. The van der Waals surface area contributed by atoms with E-state index in [2.05, 4.69) is 205 Å².